The van der Waals surface area contributed by atoms with Gasteiger partial charge in [0.1, 0.15) is 28.2 Å². The smallest absolute Gasteiger partial charge is 0.223 e. The van der Waals surface area contributed by atoms with Crippen LogP contribution in [0, 0.1) is 0 Å². The van der Waals surface area contributed by atoms with Gasteiger partial charge in [-0.05, 0) is 23.8 Å². The fraction of sp³-hybridized carbons (Fsp3) is 0.194. The molecule has 0 saturated carbocycles. The van der Waals surface area contributed by atoms with E-state index >= 15 is 0 Å². The topological polar surface area (TPSA) is 113 Å². The number of aromatic nitrogens is 1. The lowest BCUT2D eigenvalue weighted by atomic mass is 9.85. The van der Waals surface area contributed by atoms with Crippen molar-refractivity contribution in [2.75, 3.05) is 26.3 Å². The van der Waals surface area contributed by atoms with Gasteiger partial charge in [-0.3, -0.25) is 14.6 Å². The number of aromatic hydroxyl groups is 2. The number of rotatable bonds is 5. The number of carbonyl (C=O) groups is 1. The van der Waals surface area contributed by atoms with Gasteiger partial charge in [-0.1, -0.05) is 42.5 Å². The Morgan fingerprint density at radius 2 is 1.74 bits per heavy atom. The molecule has 1 saturated heterocycles. The molecule has 0 spiro atoms. The maximum absolute atomic E-state index is 13.5. The summed E-state index contributed by atoms with van der Waals surface area (Å²) in [7, 11) is 0. The van der Waals surface area contributed by atoms with E-state index in [9.17, 15) is 19.8 Å². The molecule has 2 N–H and O–H groups in total. The standard InChI is InChI=1S/C31H26N2O6/c34-24-17-25(35)30-26(36)18-27(19-5-2-1-3-6-19)39-31(30)29(24)22(16-28(37)33-11-13-38-14-12-33)20-8-9-23-21(15-20)7-4-10-32-23/h1-10,15,17-18,22,34-35H,11-14,16H2/t22-/m0/s1. The van der Waals surface area contributed by atoms with E-state index in [1.54, 1.807) is 11.1 Å². The molecule has 196 valence electrons. The molecule has 1 atom stereocenters. The average molecular weight is 523 g/mol. The number of pyridine rings is 1. The fourth-order valence-corrected chi connectivity index (χ4v) is 5.22. The second-order valence-corrected chi connectivity index (χ2v) is 9.58. The van der Waals surface area contributed by atoms with E-state index in [1.807, 2.05) is 60.7 Å². The van der Waals surface area contributed by atoms with Crippen LogP contribution in [0.5, 0.6) is 11.5 Å². The molecule has 8 nitrogen and oxygen atoms in total. The highest BCUT2D eigenvalue weighted by Crippen LogP contribution is 2.43. The number of hydrogen-bond donors (Lipinski definition) is 2. The molecule has 8 heteroatoms. The maximum Gasteiger partial charge on any atom is 0.223 e. The molecule has 3 aromatic carbocycles. The van der Waals surface area contributed by atoms with Crippen molar-refractivity contribution in [2.24, 2.45) is 0 Å². The molecular formula is C31H26N2O6. The highest BCUT2D eigenvalue weighted by molar-refractivity contribution is 5.91. The van der Waals surface area contributed by atoms with Gasteiger partial charge in [-0.2, -0.15) is 0 Å². The highest BCUT2D eigenvalue weighted by Gasteiger charge is 2.30. The number of benzene rings is 3. The summed E-state index contributed by atoms with van der Waals surface area (Å²) in [5.74, 6) is -1.15. The van der Waals surface area contributed by atoms with Gasteiger partial charge in [-0.25, -0.2) is 0 Å². The molecule has 1 amide bonds. The molecule has 0 aliphatic carbocycles. The van der Waals surface area contributed by atoms with Crippen molar-refractivity contribution < 1.29 is 24.2 Å². The first-order valence-electron chi connectivity index (χ1n) is 12.8. The first kappa shape index (κ1) is 24.6. The van der Waals surface area contributed by atoms with E-state index in [0.717, 1.165) is 22.5 Å². The number of carbonyl (C=O) groups excluding carboxylic acids is 1. The highest BCUT2D eigenvalue weighted by atomic mass is 16.5. The number of nitrogens with zero attached hydrogens (tertiary/aromatic N) is 2. The number of phenols is 2. The lowest BCUT2D eigenvalue weighted by Gasteiger charge is -2.29. The summed E-state index contributed by atoms with van der Waals surface area (Å²) in [6.07, 6.45) is 1.72. The summed E-state index contributed by atoms with van der Waals surface area (Å²) >= 11 is 0. The SMILES string of the molecule is O=C(C[C@@H](c1ccc2ncccc2c1)c1c(O)cc(O)c2c(=O)cc(-c3ccccc3)oc12)N1CCOCC1. The Kier molecular flexibility index (Phi) is 6.46. The molecule has 39 heavy (non-hydrogen) atoms. The summed E-state index contributed by atoms with van der Waals surface area (Å²) in [5.41, 5.74) is 2.06. The fourth-order valence-electron chi connectivity index (χ4n) is 5.22. The van der Waals surface area contributed by atoms with E-state index < -0.39 is 11.3 Å². The predicted molar refractivity (Wildman–Crippen MR) is 147 cm³/mol. The first-order chi connectivity index (χ1) is 19.0. The van der Waals surface area contributed by atoms with Gasteiger partial charge < -0.3 is 24.3 Å². The van der Waals surface area contributed by atoms with Crippen molar-refractivity contribution in [1.82, 2.24) is 9.88 Å². The zero-order valence-corrected chi connectivity index (χ0v) is 21.0. The molecule has 6 rings (SSSR count). The lowest BCUT2D eigenvalue weighted by molar-refractivity contribution is -0.135. The van der Waals surface area contributed by atoms with E-state index in [2.05, 4.69) is 4.98 Å². The summed E-state index contributed by atoms with van der Waals surface area (Å²) in [6, 6.07) is 21.0. The second-order valence-electron chi connectivity index (χ2n) is 9.58. The molecule has 0 bridgehead atoms. The molecule has 0 radical (unpaired) electrons. The van der Waals surface area contributed by atoms with Crippen LogP contribution >= 0.6 is 0 Å². The van der Waals surface area contributed by atoms with E-state index in [-0.39, 0.29) is 40.4 Å². The van der Waals surface area contributed by atoms with Crippen LogP contribution in [0.4, 0.5) is 0 Å². The van der Waals surface area contributed by atoms with E-state index in [0.29, 0.717) is 37.6 Å². The molecule has 5 aromatic rings. The second kappa shape index (κ2) is 10.2. The molecule has 1 aliphatic heterocycles. The Hall–Kier alpha value is -4.69. The lowest BCUT2D eigenvalue weighted by Crippen LogP contribution is -2.41. The van der Waals surface area contributed by atoms with Gasteiger partial charge in [0, 0.05) is 60.3 Å². The Morgan fingerprint density at radius 3 is 2.54 bits per heavy atom. The van der Waals surface area contributed by atoms with Crippen LogP contribution < -0.4 is 5.43 Å². The average Bonchev–Trinajstić information content (AvgIpc) is 2.96. The van der Waals surface area contributed by atoms with Gasteiger partial charge >= 0.3 is 0 Å². The third-order valence-electron chi connectivity index (χ3n) is 7.18. The van der Waals surface area contributed by atoms with Crippen molar-refractivity contribution in [3.8, 4) is 22.8 Å². The first-order valence-corrected chi connectivity index (χ1v) is 12.8. The number of fused-ring (bicyclic) bond motifs is 2. The van der Waals surface area contributed by atoms with Gasteiger partial charge in [-0.15, -0.1) is 0 Å². The molecule has 2 aromatic heterocycles. The van der Waals surface area contributed by atoms with Crippen LogP contribution in [-0.2, 0) is 9.53 Å². The number of amides is 1. The summed E-state index contributed by atoms with van der Waals surface area (Å²) in [4.78, 5) is 32.9. The summed E-state index contributed by atoms with van der Waals surface area (Å²) in [5, 5.41) is 22.7. The Balaban J connectivity index is 1.58. The maximum atomic E-state index is 13.5. The van der Waals surface area contributed by atoms with Crippen LogP contribution in [0.25, 0.3) is 33.2 Å². The summed E-state index contributed by atoms with van der Waals surface area (Å²) in [6.45, 7) is 1.87. The third-order valence-corrected chi connectivity index (χ3v) is 7.18. The van der Waals surface area contributed by atoms with Gasteiger partial charge in [0.2, 0.25) is 5.91 Å². The minimum atomic E-state index is -0.678. The minimum Gasteiger partial charge on any atom is -0.507 e. The van der Waals surface area contributed by atoms with Crippen LogP contribution in [0.15, 0.2) is 88.2 Å². The van der Waals surface area contributed by atoms with Crippen LogP contribution in [0.1, 0.15) is 23.5 Å². The Bertz CT molecular complexity index is 1740. The Labute approximate surface area is 223 Å². The van der Waals surface area contributed by atoms with Crippen molar-refractivity contribution in [1.29, 1.82) is 0 Å². The van der Waals surface area contributed by atoms with Crippen molar-refractivity contribution in [3.05, 3.63) is 100 Å². The molecule has 0 unspecified atom stereocenters. The van der Waals surface area contributed by atoms with E-state index in [4.69, 9.17) is 9.15 Å². The number of phenolic OH excluding ortho intramolecular Hbond substituents is 2. The normalized spacial score (nSPS) is 14.5. The van der Waals surface area contributed by atoms with Crippen LogP contribution in [0.2, 0.25) is 0 Å². The molecule has 1 fully saturated rings. The van der Waals surface area contributed by atoms with E-state index in [1.165, 1.54) is 6.07 Å². The predicted octanol–water partition coefficient (Wildman–Crippen LogP) is 4.80. The number of hydrogen-bond acceptors (Lipinski definition) is 7. The molecule has 1 aliphatic rings. The summed E-state index contributed by atoms with van der Waals surface area (Å²) < 4.78 is 11.7. The largest absolute Gasteiger partial charge is 0.507 e. The number of morpholine rings is 1. The van der Waals surface area contributed by atoms with Gasteiger partial charge in [0.15, 0.2) is 5.43 Å². The quantitative estimate of drug-likeness (QED) is 0.341. The third kappa shape index (κ3) is 4.70. The zero-order valence-electron chi connectivity index (χ0n) is 21.0. The van der Waals surface area contributed by atoms with Crippen molar-refractivity contribution >= 4 is 27.8 Å². The van der Waals surface area contributed by atoms with Crippen molar-refractivity contribution in [2.45, 2.75) is 12.3 Å². The minimum absolute atomic E-state index is 0.0124. The molecular weight excluding hydrogens is 496 g/mol. The van der Waals surface area contributed by atoms with Crippen molar-refractivity contribution in [3.63, 3.8) is 0 Å². The van der Waals surface area contributed by atoms with Gasteiger partial charge in [0.05, 0.1) is 18.7 Å². The monoisotopic (exact) mass is 522 g/mol. The van der Waals surface area contributed by atoms with Gasteiger partial charge in [0.25, 0.3) is 0 Å². The zero-order chi connectivity index (χ0) is 26.9. The Morgan fingerprint density at radius 1 is 0.949 bits per heavy atom. The van der Waals surface area contributed by atoms with Crippen LogP contribution in [0.3, 0.4) is 0 Å². The molecule has 3 heterocycles. The number of ether oxygens (including phenoxy) is 1. The van der Waals surface area contributed by atoms with Crippen LogP contribution in [-0.4, -0.2) is 52.3 Å².